The zero-order chi connectivity index (χ0) is 22.9. The maximum absolute atomic E-state index is 2.41. The molecule has 0 aliphatic heterocycles. The minimum atomic E-state index is 0. The molecule has 0 aliphatic rings. The van der Waals surface area contributed by atoms with Crippen molar-refractivity contribution in [3.63, 3.8) is 0 Å². The quantitative estimate of drug-likeness (QED) is 0.172. The van der Waals surface area contributed by atoms with E-state index < -0.39 is 0 Å². The third kappa shape index (κ3) is 12.6. The van der Waals surface area contributed by atoms with E-state index in [2.05, 4.69) is 81.7 Å². The molecular formula is C31H50ClN. The second kappa shape index (κ2) is 18.1. The van der Waals surface area contributed by atoms with Crippen LogP contribution in [0.15, 0.2) is 60.7 Å². The summed E-state index contributed by atoms with van der Waals surface area (Å²) in [6.45, 7) is 3.38. The van der Waals surface area contributed by atoms with Crippen LogP contribution in [0.1, 0.15) is 114 Å². The molecule has 0 N–H and O–H groups in total. The highest BCUT2D eigenvalue weighted by atomic mass is 35.5. The van der Waals surface area contributed by atoms with Crippen LogP contribution >= 0.6 is 0 Å². The van der Waals surface area contributed by atoms with Crippen LogP contribution in [-0.2, 0) is 6.54 Å². The lowest BCUT2D eigenvalue weighted by molar-refractivity contribution is -0.934. The van der Waals surface area contributed by atoms with Gasteiger partial charge in [0.2, 0.25) is 0 Å². The van der Waals surface area contributed by atoms with E-state index in [1.54, 1.807) is 0 Å². The summed E-state index contributed by atoms with van der Waals surface area (Å²) < 4.78 is 1.02. The molecule has 0 aromatic heterocycles. The summed E-state index contributed by atoms with van der Waals surface area (Å²) in [7, 11) is 4.82. The molecule has 186 valence electrons. The first-order valence-corrected chi connectivity index (χ1v) is 13.5. The number of unbranched alkanes of at least 4 members (excludes halogenated alkanes) is 12. The molecule has 0 spiro atoms. The Morgan fingerprint density at radius 3 is 1.48 bits per heavy atom. The normalized spacial score (nSPS) is 12.3. The fourth-order valence-corrected chi connectivity index (χ4v) is 5.11. The standard InChI is InChI=1S/C31H50N.ClH/c1-4-5-6-7-8-9-10-11-12-13-14-15-22-27-31(30-25-20-17-21-26-30)32(2,3)28-29-23-18-16-19-24-29;/h16-21,23-26,31H,4-15,22,27-28H2,1-3H3;1H/q+1;/p-1. The SMILES string of the molecule is CCCCCCCCCCCCCCCC(c1ccccc1)[N+](C)(C)Cc1ccccc1.[Cl-]. The zero-order valence-corrected chi connectivity index (χ0v) is 22.5. The molecule has 0 saturated heterocycles. The highest BCUT2D eigenvalue weighted by Gasteiger charge is 2.29. The number of hydrogen-bond acceptors (Lipinski definition) is 0. The molecule has 0 bridgehead atoms. The molecule has 0 fully saturated rings. The van der Waals surface area contributed by atoms with E-state index in [4.69, 9.17) is 0 Å². The van der Waals surface area contributed by atoms with Crippen molar-refractivity contribution in [3.05, 3.63) is 71.8 Å². The van der Waals surface area contributed by atoms with Crippen molar-refractivity contribution in [3.8, 4) is 0 Å². The number of quaternary nitrogens is 1. The average molecular weight is 472 g/mol. The summed E-state index contributed by atoms with van der Waals surface area (Å²) in [5, 5.41) is 0. The van der Waals surface area contributed by atoms with Crippen LogP contribution < -0.4 is 12.4 Å². The Bertz CT molecular complexity index is 683. The third-order valence-corrected chi connectivity index (χ3v) is 7.04. The molecule has 2 heteroatoms. The van der Waals surface area contributed by atoms with Crippen molar-refractivity contribution in [2.24, 2.45) is 0 Å². The van der Waals surface area contributed by atoms with Crippen molar-refractivity contribution < 1.29 is 16.9 Å². The lowest BCUT2D eigenvalue weighted by Gasteiger charge is -2.39. The minimum Gasteiger partial charge on any atom is -1.00 e. The summed E-state index contributed by atoms with van der Waals surface area (Å²) in [6, 6.07) is 22.8. The molecule has 2 aromatic rings. The van der Waals surface area contributed by atoms with Gasteiger partial charge in [-0.2, -0.15) is 0 Å². The molecule has 2 aromatic carbocycles. The topological polar surface area (TPSA) is 0 Å². The van der Waals surface area contributed by atoms with Crippen LogP contribution in [-0.4, -0.2) is 18.6 Å². The van der Waals surface area contributed by atoms with E-state index in [9.17, 15) is 0 Å². The van der Waals surface area contributed by atoms with E-state index in [1.165, 1.54) is 101 Å². The first-order valence-electron chi connectivity index (χ1n) is 13.5. The van der Waals surface area contributed by atoms with Crippen LogP contribution in [0.5, 0.6) is 0 Å². The summed E-state index contributed by atoms with van der Waals surface area (Å²) in [6.07, 6.45) is 19.8. The second-order valence-electron chi connectivity index (χ2n) is 10.4. The van der Waals surface area contributed by atoms with Gasteiger partial charge >= 0.3 is 0 Å². The molecule has 1 atom stereocenters. The molecule has 2 rings (SSSR count). The largest absolute Gasteiger partial charge is 1.00 e. The van der Waals surface area contributed by atoms with Gasteiger partial charge in [-0.25, -0.2) is 0 Å². The molecular weight excluding hydrogens is 422 g/mol. The summed E-state index contributed by atoms with van der Waals surface area (Å²) in [4.78, 5) is 0. The molecule has 33 heavy (non-hydrogen) atoms. The van der Waals surface area contributed by atoms with E-state index in [-0.39, 0.29) is 12.4 Å². The summed E-state index contributed by atoms with van der Waals surface area (Å²) in [5.74, 6) is 0. The Balaban J connectivity index is 0.00000544. The van der Waals surface area contributed by atoms with Gasteiger partial charge in [0, 0.05) is 17.5 Å². The fourth-order valence-electron chi connectivity index (χ4n) is 5.11. The Morgan fingerprint density at radius 1 is 0.576 bits per heavy atom. The van der Waals surface area contributed by atoms with Crippen LogP contribution in [0.3, 0.4) is 0 Å². The number of rotatable bonds is 18. The third-order valence-electron chi connectivity index (χ3n) is 7.04. The fraction of sp³-hybridized carbons (Fsp3) is 0.613. The van der Waals surface area contributed by atoms with Gasteiger partial charge in [-0.05, 0) is 6.42 Å². The van der Waals surface area contributed by atoms with Crippen molar-refractivity contribution in [1.82, 2.24) is 0 Å². The van der Waals surface area contributed by atoms with Gasteiger partial charge in [-0.15, -0.1) is 0 Å². The van der Waals surface area contributed by atoms with Crippen LogP contribution in [0, 0.1) is 0 Å². The summed E-state index contributed by atoms with van der Waals surface area (Å²) in [5.41, 5.74) is 2.93. The van der Waals surface area contributed by atoms with Gasteiger partial charge < -0.3 is 16.9 Å². The Kier molecular flexibility index (Phi) is 16.3. The van der Waals surface area contributed by atoms with E-state index in [0.29, 0.717) is 6.04 Å². The molecule has 0 heterocycles. The van der Waals surface area contributed by atoms with Gasteiger partial charge in [-0.1, -0.05) is 145 Å². The minimum absolute atomic E-state index is 0. The van der Waals surface area contributed by atoms with Crippen LogP contribution in [0.4, 0.5) is 0 Å². The first kappa shape index (κ1) is 29.7. The van der Waals surface area contributed by atoms with E-state index in [1.807, 2.05) is 0 Å². The Morgan fingerprint density at radius 2 is 1.00 bits per heavy atom. The second-order valence-corrected chi connectivity index (χ2v) is 10.4. The maximum Gasteiger partial charge on any atom is 0.114 e. The van der Waals surface area contributed by atoms with Crippen LogP contribution in [0.2, 0.25) is 0 Å². The van der Waals surface area contributed by atoms with Gasteiger partial charge in [0.15, 0.2) is 0 Å². The predicted molar refractivity (Wildman–Crippen MR) is 142 cm³/mol. The number of benzene rings is 2. The van der Waals surface area contributed by atoms with Gasteiger partial charge in [0.1, 0.15) is 12.6 Å². The smallest absolute Gasteiger partial charge is 0.114 e. The molecule has 1 unspecified atom stereocenters. The van der Waals surface area contributed by atoms with Crippen molar-refractivity contribution in [2.75, 3.05) is 14.1 Å². The monoisotopic (exact) mass is 471 g/mol. The lowest BCUT2D eigenvalue weighted by Crippen LogP contribution is -3.00. The van der Waals surface area contributed by atoms with Crippen molar-refractivity contribution in [1.29, 1.82) is 0 Å². The number of hydrogen-bond donors (Lipinski definition) is 0. The first-order chi connectivity index (χ1) is 15.6. The van der Waals surface area contributed by atoms with Crippen molar-refractivity contribution in [2.45, 2.75) is 109 Å². The molecule has 0 aliphatic carbocycles. The Labute approximate surface area is 212 Å². The zero-order valence-electron chi connectivity index (χ0n) is 21.8. The van der Waals surface area contributed by atoms with E-state index in [0.717, 1.165) is 11.0 Å². The van der Waals surface area contributed by atoms with Gasteiger partial charge in [0.25, 0.3) is 0 Å². The Hall–Kier alpha value is -1.31. The molecule has 1 nitrogen and oxygen atoms in total. The average Bonchev–Trinajstić information content (AvgIpc) is 2.80. The number of nitrogens with zero attached hydrogens (tertiary/aromatic N) is 1. The highest BCUT2D eigenvalue weighted by Crippen LogP contribution is 2.32. The molecule has 0 radical (unpaired) electrons. The molecule has 0 amide bonds. The summed E-state index contributed by atoms with van der Waals surface area (Å²) >= 11 is 0. The lowest BCUT2D eigenvalue weighted by atomic mass is 9.96. The van der Waals surface area contributed by atoms with Gasteiger partial charge in [-0.3, -0.25) is 0 Å². The predicted octanol–water partition coefficient (Wildman–Crippen LogP) is 6.49. The van der Waals surface area contributed by atoms with E-state index >= 15 is 0 Å². The molecule has 0 saturated carbocycles. The number of halogens is 1. The van der Waals surface area contributed by atoms with Crippen LogP contribution in [0.25, 0.3) is 0 Å². The van der Waals surface area contributed by atoms with Crippen molar-refractivity contribution >= 4 is 0 Å². The maximum atomic E-state index is 2.41. The van der Waals surface area contributed by atoms with Gasteiger partial charge in [0.05, 0.1) is 14.1 Å². The highest BCUT2D eigenvalue weighted by molar-refractivity contribution is 5.18.